The van der Waals surface area contributed by atoms with Crippen molar-refractivity contribution in [2.75, 3.05) is 11.4 Å². The van der Waals surface area contributed by atoms with Crippen molar-refractivity contribution in [3.63, 3.8) is 0 Å². The number of anilines is 2. The summed E-state index contributed by atoms with van der Waals surface area (Å²) >= 11 is 1.60. The van der Waals surface area contributed by atoms with E-state index in [0.717, 1.165) is 34.8 Å². The number of nitrogens with zero attached hydrogens (tertiary/aromatic N) is 2. The van der Waals surface area contributed by atoms with Crippen molar-refractivity contribution in [3.8, 4) is 0 Å². The van der Waals surface area contributed by atoms with Gasteiger partial charge in [-0.3, -0.25) is 4.99 Å². The molecule has 1 aromatic heterocycles. The van der Waals surface area contributed by atoms with Crippen LogP contribution in [0.4, 0.5) is 30.2 Å². The van der Waals surface area contributed by atoms with Crippen LogP contribution in [0.2, 0.25) is 0 Å². The molecular formula is C19H13F3N2S. The van der Waals surface area contributed by atoms with Crippen molar-refractivity contribution in [1.82, 2.24) is 0 Å². The van der Waals surface area contributed by atoms with Crippen LogP contribution in [-0.2, 0) is 6.18 Å². The summed E-state index contributed by atoms with van der Waals surface area (Å²) in [6, 6.07) is 15.0. The van der Waals surface area contributed by atoms with E-state index in [2.05, 4.69) is 9.89 Å². The molecule has 0 bridgehead atoms. The van der Waals surface area contributed by atoms with Crippen LogP contribution in [0.5, 0.6) is 0 Å². The molecule has 126 valence electrons. The molecule has 1 aliphatic heterocycles. The van der Waals surface area contributed by atoms with E-state index in [1.807, 2.05) is 41.1 Å². The van der Waals surface area contributed by atoms with Crippen LogP contribution in [-0.4, -0.2) is 12.3 Å². The van der Waals surface area contributed by atoms with Crippen LogP contribution < -0.4 is 4.90 Å². The Morgan fingerprint density at radius 2 is 1.84 bits per heavy atom. The molecule has 25 heavy (non-hydrogen) atoms. The first kappa shape index (κ1) is 15.9. The number of hydrogen-bond donors (Lipinski definition) is 0. The van der Waals surface area contributed by atoms with Gasteiger partial charge in [-0.2, -0.15) is 24.5 Å². The Kier molecular flexibility index (Phi) is 3.84. The van der Waals surface area contributed by atoms with E-state index >= 15 is 0 Å². The molecule has 2 aromatic carbocycles. The Labute approximate surface area is 146 Å². The Morgan fingerprint density at radius 3 is 2.60 bits per heavy atom. The second-order valence-electron chi connectivity index (χ2n) is 5.69. The maximum Gasteiger partial charge on any atom is 0.416 e. The fourth-order valence-corrected chi connectivity index (χ4v) is 3.56. The lowest BCUT2D eigenvalue weighted by Crippen LogP contribution is -2.16. The molecule has 4 rings (SSSR count). The summed E-state index contributed by atoms with van der Waals surface area (Å²) in [6.07, 6.45) is -4.37. The van der Waals surface area contributed by atoms with Gasteiger partial charge in [-0.05, 0) is 35.7 Å². The third-order valence-corrected chi connectivity index (χ3v) is 4.74. The highest BCUT2D eigenvalue weighted by Gasteiger charge is 2.31. The number of thiophene rings is 1. The molecule has 0 aliphatic carbocycles. The zero-order valence-electron chi connectivity index (χ0n) is 13.0. The van der Waals surface area contributed by atoms with E-state index in [-0.39, 0.29) is 0 Å². The molecular weight excluding hydrogens is 345 g/mol. The average molecular weight is 358 g/mol. The van der Waals surface area contributed by atoms with Crippen LogP contribution in [0.15, 0.2) is 70.3 Å². The maximum atomic E-state index is 12.9. The minimum Gasteiger partial charge on any atom is -0.334 e. The van der Waals surface area contributed by atoms with Crippen molar-refractivity contribution in [2.24, 2.45) is 4.99 Å². The zero-order valence-corrected chi connectivity index (χ0v) is 13.8. The summed E-state index contributed by atoms with van der Waals surface area (Å²) < 4.78 is 38.7. The standard InChI is InChI=1S/C19H13F3N2S/c20-19(21,22)13-4-3-5-14(10-13)23-17-11-24(15-8-9-25-12-15)18-7-2-1-6-16(17)18/h1-10,12H,11H2. The molecule has 6 heteroatoms. The molecule has 0 spiro atoms. The van der Waals surface area contributed by atoms with Gasteiger partial charge < -0.3 is 4.90 Å². The van der Waals surface area contributed by atoms with Crippen molar-refractivity contribution < 1.29 is 13.2 Å². The SMILES string of the molecule is FC(F)(F)c1cccc(N=C2CN(c3ccsc3)c3ccccc32)c1. The minimum atomic E-state index is -4.37. The van der Waals surface area contributed by atoms with Crippen LogP contribution in [0, 0.1) is 0 Å². The first-order valence-electron chi connectivity index (χ1n) is 7.66. The Bertz CT molecular complexity index is 930. The van der Waals surface area contributed by atoms with Crippen molar-refractivity contribution in [3.05, 3.63) is 76.5 Å². The second kappa shape index (κ2) is 6.04. The predicted molar refractivity (Wildman–Crippen MR) is 95.4 cm³/mol. The summed E-state index contributed by atoms with van der Waals surface area (Å²) in [7, 11) is 0. The van der Waals surface area contributed by atoms with E-state index in [9.17, 15) is 13.2 Å². The molecule has 3 aromatic rings. The number of halogens is 3. The molecule has 1 aliphatic rings. The molecule has 0 fully saturated rings. The first-order chi connectivity index (χ1) is 12.0. The van der Waals surface area contributed by atoms with Crippen LogP contribution in [0.25, 0.3) is 0 Å². The number of alkyl halides is 3. The van der Waals surface area contributed by atoms with Gasteiger partial charge in [-0.1, -0.05) is 24.3 Å². The highest BCUT2D eigenvalue weighted by Crippen LogP contribution is 2.37. The largest absolute Gasteiger partial charge is 0.416 e. The van der Waals surface area contributed by atoms with Gasteiger partial charge in [0.1, 0.15) is 0 Å². The maximum absolute atomic E-state index is 12.9. The summed E-state index contributed by atoms with van der Waals surface area (Å²) in [5, 5.41) is 4.05. The van der Waals surface area contributed by atoms with Crippen LogP contribution in [0.1, 0.15) is 11.1 Å². The van der Waals surface area contributed by atoms with Gasteiger partial charge in [-0.15, -0.1) is 0 Å². The molecule has 0 amide bonds. The Morgan fingerprint density at radius 1 is 1.00 bits per heavy atom. The quantitative estimate of drug-likeness (QED) is 0.545. The van der Waals surface area contributed by atoms with Crippen molar-refractivity contribution >= 4 is 34.1 Å². The number of hydrogen-bond acceptors (Lipinski definition) is 3. The smallest absolute Gasteiger partial charge is 0.334 e. The van der Waals surface area contributed by atoms with E-state index < -0.39 is 11.7 Å². The van der Waals surface area contributed by atoms with E-state index in [1.165, 1.54) is 6.07 Å². The summed E-state index contributed by atoms with van der Waals surface area (Å²) in [5.41, 5.74) is 3.42. The van der Waals surface area contributed by atoms with Gasteiger partial charge in [0.15, 0.2) is 0 Å². The molecule has 0 N–H and O–H groups in total. The second-order valence-corrected chi connectivity index (χ2v) is 6.47. The zero-order chi connectivity index (χ0) is 17.4. The Balaban J connectivity index is 1.75. The number of rotatable bonds is 2. The topological polar surface area (TPSA) is 15.6 Å². The van der Waals surface area contributed by atoms with E-state index in [0.29, 0.717) is 12.2 Å². The first-order valence-corrected chi connectivity index (χ1v) is 8.60. The average Bonchev–Trinajstić information content (AvgIpc) is 3.23. The van der Waals surface area contributed by atoms with Gasteiger partial charge in [0, 0.05) is 10.9 Å². The molecule has 0 unspecified atom stereocenters. The van der Waals surface area contributed by atoms with Gasteiger partial charge in [-0.25, -0.2) is 0 Å². The van der Waals surface area contributed by atoms with E-state index in [4.69, 9.17) is 0 Å². The minimum absolute atomic E-state index is 0.312. The highest BCUT2D eigenvalue weighted by molar-refractivity contribution is 7.08. The third-order valence-electron chi connectivity index (χ3n) is 4.07. The molecule has 2 heterocycles. The van der Waals surface area contributed by atoms with Gasteiger partial charge >= 0.3 is 6.18 Å². The fraction of sp³-hybridized carbons (Fsp3) is 0.105. The van der Waals surface area contributed by atoms with Gasteiger partial charge in [0.25, 0.3) is 0 Å². The number of fused-ring (bicyclic) bond motifs is 1. The normalized spacial score (nSPS) is 15.6. The summed E-state index contributed by atoms with van der Waals surface area (Å²) in [5.74, 6) is 0. The monoisotopic (exact) mass is 358 g/mol. The van der Waals surface area contributed by atoms with Crippen LogP contribution in [0.3, 0.4) is 0 Å². The molecule has 0 radical (unpaired) electrons. The molecule has 0 atom stereocenters. The van der Waals surface area contributed by atoms with Gasteiger partial charge in [0.05, 0.1) is 34.9 Å². The molecule has 0 saturated carbocycles. The summed E-state index contributed by atoms with van der Waals surface area (Å²) in [6.45, 7) is 0.534. The fourth-order valence-electron chi connectivity index (χ4n) is 2.92. The number of aliphatic imine (C=N–C) groups is 1. The number of benzene rings is 2. The van der Waals surface area contributed by atoms with Gasteiger partial charge in [0.2, 0.25) is 0 Å². The summed E-state index contributed by atoms with van der Waals surface area (Å²) in [4.78, 5) is 6.64. The van der Waals surface area contributed by atoms with Crippen molar-refractivity contribution in [2.45, 2.75) is 6.18 Å². The lowest BCUT2D eigenvalue weighted by Gasteiger charge is -2.16. The van der Waals surface area contributed by atoms with Crippen molar-refractivity contribution in [1.29, 1.82) is 0 Å². The predicted octanol–water partition coefficient (Wildman–Crippen LogP) is 6.04. The number of para-hydroxylation sites is 1. The molecule has 2 nitrogen and oxygen atoms in total. The Hall–Kier alpha value is -2.60. The van der Waals surface area contributed by atoms with E-state index in [1.54, 1.807) is 17.4 Å². The highest BCUT2D eigenvalue weighted by atomic mass is 32.1. The third kappa shape index (κ3) is 3.05. The lowest BCUT2D eigenvalue weighted by atomic mass is 10.1. The molecule has 0 saturated heterocycles. The lowest BCUT2D eigenvalue weighted by molar-refractivity contribution is -0.137. The van der Waals surface area contributed by atoms with Crippen LogP contribution >= 0.6 is 11.3 Å².